The smallest absolute Gasteiger partial charge is 0.285 e. The minimum atomic E-state index is -0.665. The second-order valence-corrected chi connectivity index (χ2v) is 5.49. The average Bonchev–Trinajstić information content (AvgIpc) is 2.60. The van der Waals surface area contributed by atoms with Crippen molar-refractivity contribution in [3.8, 4) is 6.07 Å². The molecule has 1 aromatic carbocycles. The molecule has 0 saturated carbocycles. The number of carbonyl (C=O) groups excluding carboxylic acids is 2. The Bertz CT molecular complexity index is 945. The van der Waals surface area contributed by atoms with Crippen LogP contribution in [0.3, 0.4) is 0 Å². The molecule has 8 nitrogen and oxygen atoms in total. The predicted octanol–water partition coefficient (Wildman–Crippen LogP) is 0.626. The van der Waals surface area contributed by atoms with E-state index < -0.39 is 29.7 Å². The lowest BCUT2D eigenvalue weighted by Gasteiger charge is -2.10. The lowest BCUT2D eigenvalue weighted by molar-refractivity contribution is -0.124. The first kappa shape index (κ1) is 18.8. The van der Waals surface area contributed by atoms with Crippen molar-refractivity contribution in [1.29, 1.82) is 5.26 Å². The fraction of sp³-hybridized carbons (Fsp3) is 0.235. The molecule has 0 aliphatic carbocycles. The lowest BCUT2D eigenvalue weighted by Crippen LogP contribution is -2.38. The fourth-order valence-electron chi connectivity index (χ4n) is 2.12. The Morgan fingerprint density at radius 2 is 1.88 bits per heavy atom. The van der Waals surface area contributed by atoms with Gasteiger partial charge < -0.3 is 10.6 Å². The Balaban J connectivity index is 1.96. The van der Waals surface area contributed by atoms with E-state index in [1.54, 1.807) is 19.9 Å². The number of aryl methyl sites for hydroxylation is 1. The van der Waals surface area contributed by atoms with Gasteiger partial charge in [0.05, 0.1) is 12.2 Å². The largest absolute Gasteiger partial charge is 0.345 e. The molecule has 9 heteroatoms. The number of rotatable bonds is 5. The van der Waals surface area contributed by atoms with E-state index in [0.717, 1.165) is 4.68 Å². The van der Waals surface area contributed by atoms with E-state index in [4.69, 9.17) is 5.26 Å². The second-order valence-electron chi connectivity index (χ2n) is 5.49. The molecule has 0 atom stereocenters. The number of nitrogens with zero attached hydrogens (tertiary/aromatic N) is 3. The lowest BCUT2D eigenvalue weighted by atomic mass is 10.1. The molecule has 26 heavy (non-hydrogen) atoms. The van der Waals surface area contributed by atoms with Crippen LogP contribution in [-0.4, -0.2) is 28.1 Å². The second kappa shape index (κ2) is 8.02. The number of hydrogen-bond acceptors (Lipinski definition) is 5. The van der Waals surface area contributed by atoms with E-state index in [2.05, 4.69) is 15.7 Å². The number of carbonyl (C=O) groups is 2. The van der Waals surface area contributed by atoms with Gasteiger partial charge in [-0.2, -0.15) is 10.4 Å². The summed E-state index contributed by atoms with van der Waals surface area (Å²) in [5, 5.41) is 17.9. The minimum absolute atomic E-state index is 0.0700. The molecule has 1 heterocycles. The molecule has 2 rings (SSSR count). The van der Waals surface area contributed by atoms with Gasteiger partial charge >= 0.3 is 0 Å². The number of nitrogens with one attached hydrogen (secondary N) is 2. The number of benzene rings is 1. The molecule has 2 N–H and O–H groups in total. The van der Waals surface area contributed by atoms with Crippen molar-refractivity contribution in [2.75, 3.05) is 11.9 Å². The molecule has 0 bridgehead atoms. The van der Waals surface area contributed by atoms with Gasteiger partial charge in [-0.3, -0.25) is 14.4 Å². The summed E-state index contributed by atoms with van der Waals surface area (Å²) in [7, 11) is 0. The van der Waals surface area contributed by atoms with Crippen molar-refractivity contribution < 1.29 is 14.0 Å². The first-order chi connectivity index (χ1) is 12.3. The number of nitriles is 1. The van der Waals surface area contributed by atoms with E-state index in [-0.39, 0.29) is 12.1 Å². The highest BCUT2D eigenvalue weighted by atomic mass is 19.1. The zero-order chi connectivity index (χ0) is 19.3. The van der Waals surface area contributed by atoms with Crippen LogP contribution in [0.5, 0.6) is 0 Å². The maximum absolute atomic E-state index is 12.8. The Hall–Kier alpha value is -3.54. The molecule has 2 aromatic rings. The van der Waals surface area contributed by atoms with Crippen molar-refractivity contribution in [2.24, 2.45) is 0 Å². The quantitative estimate of drug-likeness (QED) is 0.814. The SMILES string of the molecule is Cc1nn(CC(=O)NCC(=O)Nc2ccc(F)cc2)c(=O)c(C#N)c1C. The molecule has 0 saturated heterocycles. The molecule has 0 unspecified atom stereocenters. The van der Waals surface area contributed by atoms with E-state index in [1.807, 2.05) is 0 Å². The monoisotopic (exact) mass is 357 g/mol. The molecule has 2 amide bonds. The maximum Gasteiger partial charge on any atom is 0.285 e. The normalized spacial score (nSPS) is 10.1. The van der Waals surface area contributed by atoms with Crippen LogP contribution < -0.4 is 16.2 Å². The van der Waals surface area contributed by atoms with Crippen LogP contribution in [0.25, 0.3) is 0 Å². The molecule has 0 spiro atoms. The van der Waals surface area contributed by atoms with Gasteiger partial charge in [-0.25, -0.2) is 9.07 Å². The van der Waals surface area contributed by atoms with Crippen molar-refractivity contribution in [2.45, 2.75) is 20.4 Å². The van der Waals surface area contributed by atoms with E-state index in [9.17, 15) is 18.8 Å². The van der Waals surface area contributed by atoms with Crippen LogP contribution in [0, 0.1) is 31.0 Å². The highest BCUT2D eigenvalue weighted by molar-refractivity contribution is 5.94. The van der Waals surface area contributed by atoms with E-state index >= 15 is 0 Å². The predicted molar refractivity (Wildman–Crippen MR) is 90.7 cm³/mol. The van der Waals surface area contributed by atoms with Crippen LogP contribution in [0.15, 0.2) is 29.1 Å². The van der Waals surface area contributed by atoms with Gasteiger partial charge in [0.15, 0.2) is 0 Å². The standard InChI is InChI=1S/C17H16FN5O3/c1-10-11(2)22-23(17(26)14(10)7-19)9-16(25)20-8-15(24)21-13-5-3-12(18)4-6-13/h3-6H,8-9H2,1-2H3,(H,20,25)(H,21,24). The molecule has 1 aromatic heterocycles. The third-order valence-corrected chi connectivity index (χ3v) is 3.62. The molecule has 134 valence electrons. The van der Waals surface area contributed by atoms with Crippen molar-refractivity contribution in [3.05, 3.63) is 57.3 Å². The Morgan fingerprint density at radius 1 is 1.23 bits per heavy atom. The van der Waals surface area contributed by atoms with E-state index in [1.165, 1.54) is 24.3 Å². The van der Waals surface area contributed by atoms with Gasteiger partial charge in [-0.15, -0.1) is 0 Å². The summed E-state index contributed by atoms with van der Waals surface area (Å²) in [6.45, 7) is 2.48. The van der Waals surface area contributed by atoms with E-state index in [0.29, 0.717) is 16.9 Å². The summed E-state index contributed by atoms with van der Waals surface area (Å²) >= 11 is 0. The molecule has 0 radical (unpaired) electrons. The summed E-state index contributed by atoms with van der Waals surface area (Å²) < 4.78 is 13.7. The number of anilines is 1. The van der Waals surface area contributed by atoms with Crippen molar-refractivity contribution >= 4 is 17.5 Å². The molecule has 0 aliphatic rings. The summed E-state index contributed by atoms with van der Waals surface area (Å²) in [6, 6.07) is 6.96. The van der Waals surface area contributed by atoms with Gasteiger partial charge in [0.1, 0.15) is 24.0 Å². The maximum atomic E-state index is 12.8. The third kappa shape index (κ3) is 4.51. The molecule has 0 aliphatic heterocycles. The van der Waals surface area contributed by atoms with Crippen LogP contribution in [0.1, 0.15) is 16.8 Å². The van der Waals surface area contributed by atoms with Crippen molar-refractivity contribution in [1.82, 2.24) is 15.1 Å². The first-order valence-electron chi connectivity index (χ1n) is 7.62. The summed E-state index contributed by atoms with van der Waals surface area (Å²) in [5.41, 5.74) is 0.577. The summed E-state index contributed by atoms with van der Waals surface area (Å²) in [6.07, 6.45) is 0. The minimum Gasteiger partial charge on any atom is -0.345 e. The van der Waals surface area contributed by atoms with Crippen LogP contribution in [0.2, 0.25) is 0 Å². The topological polar surface area (TPSA) is 117 Å². The van der Waals surface area contributed by atoms with Crippen LogP contribution in [-0.2, 0) is 16.1 Å². The third-order valence-electron chi connectivity index (χ3n) is 3.62. The number of hydrogen-bond donors (Lipinski definition) is 2. The fourth-order valence-corrected chi connectivity index (χ4v) is 2.12. The average molecular weight is 357 g/mol. The van der Waals surface area contributed by atoms with Gasteiger partial charge in [0.25, 0.3) is 5.56 Å². The van der Waals surface area contributed by atoms with Crippen molar-refractivity contribution in [3.63, 3.8) is 0 Å². The van der Waals surface area contributed by atoms with Crippen LogP contribution >= 0.6 is 0 Å². The first-order valence-corrected chi connectivity index (χ1v) is 7.62. The molecular weight excluding hydrogens is 341 g/mol. The zero-order valence-corrected chi connectivity index (χ0v) is 14.2. The molecular formula is C17H16FN5O3. The zero-order valence-electron chi connectivity index (χ0n) is 14.2. The number of halogens is 1. The summed E-state index contributed by atoms with van der Waals surface area (Å²) in [4.78, 5) is 35.8. The van der Waals surface area contributed by atoms with Gasteiger partial charge in [0.2, 0.25) is 11.8 Å². The Kier molecular flexibility index (Phi) is 5.80. The van der Waals surface area contributed by atoms with Gasteiger partial charge in [0, 0.05) is 5.69 Å². The number of amides is 2. The summed E-state index contributed by atoms with van der Waals surface area (Å²) in [5.74, 6) is -1.55. The van der Waals surface area contributed by atoms with Crippen LogP contribution in [0.4, 0.5) is 10.1 Å². The molecule has 0 fully saturated rings. The highest BCUT2D eigenvalue weighted by Gasteiger charge is 2.14. The Morgan fingerprint density at radius 3 is 2.50 bits per heavy atom. The Labute approximate surface area is 148 Å². The van der Waals surface area contributed by atoms with Gasteiger partial charge in [-0.1, -0.05) is 0 Å². The van der Waals surface area contributed by atoms with Gasteiger partial charge in [-0.05, 0) is 43.7 Å². The highest BCUT2D eigenvalue weighted by Crippen LogP contribution is 2.07. The number of aromatic nitrogens is 2.